The molecule has 0 aliphatic heterocycles. The Hall–Kier alpha value is -1.62. The molecule has 130 valence electrons. The van der Waals surface area contributed by atoms with E-state index in [2.05, 4.69) is 11.8 Å². The van der Waals surface area contributed by atoms with Gasteiger partial charge in [0.2, 0.25) is 0 Å². The van der Waals surface area contributed by atoms with Crippen molar-refractivity contribution in [2.24, 2.45) is 0 Å². The van der Waals surface area contributed by atoms with Crippen LogP contribution in [-0.2, 0) is 4.74 Å². The molecule has 0 saturated carbocycles. The van der Waals surface area contributed by atoms with Gasteiger partial charge in [0.15, 0.2) is 5.05 Å². The highest BCUT2D eigenvalue weighted by molar-refractivity contribution is 7.80. The van der Waals surface area contributed by atoms with Crippen molar-refractivity contribution in [2.75, 3.05) is 27.2 Å². The maximum atomic E-state index is 5.87. The van der Waals surface area contributed by atoms with E-state index in [-0.39, 0.29) is 18.3 Å². The largest absolute Gasteiger partial charge is 0.485 e. The predicted octanol–water partition coefficient (Wildman–Crippen LogP) is 4.91. The Morgan fingerprint density at radius 3 is 2.38 bits per heavy atom. The van der Waals surface area contributed by atoms with Gasteiger partial charge in [0.05, 0.1) is 0 Å². The summed E-state index contributed by atoms with van der Waals surface area (Å²) in [5.74, 6) is 1.67. The number of hydrogen-bond donors (Lipinski definition) is 0. The summed E-state index contributed by atoms with van der Waals surface area (Å²) in [6, 6.07) is 17.7. The SMILES string of the molecule is CC(C(=S)OCCN(C)C)c1cccc(Oc2ccccc2)c1.Cl. The van der Waals surface area contributed by atoms with E-state index in [0.29, 0.717) is 11.7 Å². The number of halogens is 1. The molecule has 0 fully saturated rings. The van der Waals surface area contributed by atoms with Gasteiger partial charge in [0, 0.05) is 12.5 Å². The van der Waals surface area contributed by atoms with Gasteiger partial charge < -0.3 is 14.4 Å². The summed E-state index contributed by atoms with van der Waals surface area (Å²) in [4.78, 5) is 2.07. The standard InChI is InChI=1S/C19H23NO2S.ClH/c1-15(19(23)21-13-12-20(2)3)16-8-7-11-18(14-16)22-17-9-5-4-6-10-17;/h4-11,14-15H,12-13H2,1-3H3;1H. The van der Waals surface area contributed by atoms with Crippen LogP contribution in [0.15, 0.2) is 54.6 Å². The molecule has 2 aromatic rings. The predicted molar refractivity (Wildman–Crippen MR) is 106 cm³/mol. The highest BCUT2D eigenvalue weighted by Crippen LogP contribution is 2.26. The number of nitrogens with zero attached hydrogens (tertiary/aromatic N) is 1. The van der Waals surface area contributed by atoms with Crippen LogP contribution in [0.1, 0.15) is 18.4 Å². The molecule has 0 heterocycles. The number of thiocarbonyl (C=S) groups is 1. The van der Waals surface area contributed by atoms with Crippen LogP contribution in [0.4, 0.5) is 0 Å². The molecule has 0 aliphatic carbocycles. The zero-order chi connectivity index (χ0) is 16.7. The van der Waals surface area contributed by atoms with Crippen molar-refractivity contribution in [1.29, 1.82) is 0 Å². The summed E-state index contributed by atoms with van der Waals surface area (Å²) in [5, 5.41) is 0.615. The third kappa shape index (κ3) is 6.48. The summed E-state index contributed by atoms with van der Waals surface area (Å²) in [5.41, 5.74) is 1.09. The van der Waals surface area contributed by atoms with Crippen LogP contribution in [0, 0.1) is 0 Å². The van der Waals surface area contributed by atoms with Crippen molar-refractivity contribution in [3.8, 4) is 11.5 Å². The number of para-hydroxylation sites is 1. The Morgan fingerprint density at radius 2 is 1.71 bits per heavy atom. The molecule has 0 aromatic heterocycles. The molecule has 0 amide bonds. The van der Waals surface area contributed by atoms with E-state index in [0.717, 1.165) is 23.6 Å². The number of hydrogen-bond acceptors (Lipinski definition) is 4. The van der Waals surface area contributed by atoms with Crippen LogP contribution in [0.25, 0.3) is 0 Å². The first-order chi connectivity index (χ1) is 11.1. The highest BCUT2D eigenvalue weighted by Gasteiger charge is 2.13. The van der Waals surface area contributed by atoms with Gasteiger partial charge in [0.25, 0.3) is 0 Å². The van der Waals surface area contributed by atoms with E-state index in [1.54, 1.807) is 0 Å². The monoisotopic (exact) mass is 365 g/mol. The van der Waals surface area contributed by atoms with Crippen LogP contribution in [0.5, 0.6) is 11.5 Å². The summed E-state index contributed by atoms with van der Waals surface area (Å²) >= 11 is 5.40. The molecule has 5 heteroatoms. The van der Waals surface area contributed by atoms with Crippen LogP contribution < -0.4 is 4.74 Å². The van der Waals surface area contributed by atoms with Gasteiger partial charge in [0.1, 0.15) is 18.1 Å². The van der Waals surface area contributed by atoms with Gasteiger partial charge in [-0.3, -0.25) is 0 Å². The maximum Gasteiger partial charge on any atom is 0.166 e. The maximum absolute atomic E-state index is 5.87. The van der Waals surface area contributed by atoms with Crippen LogP contribution >= 0.6 is 24.6 Å². The Bertz CT molecular complexity index is 634. The normalized spacial score (nSPS) is 11.5. The fourth-order valence-corrected chi connectivity index (χ4v) is 2.28. The zero-order valence-corrected chi connectivity index (χ0v) is 15.9. The lowest BCUT2D eigenvalue weighted by Crippen LogP contribution is -2.21. The minimum Gasteiger partial charge on any atom is -0.485 e. The third-order valence-corrected chi connectivity index (χ3v) is 3.94. The number of likely N-dealkylation sites (N-methyl/N-ethyl adjacent to an activating group) is 1. The molecule has 0 N–H and O–H groups in total. The lowest BCUT2D eigenvalue weighted by molar-refractivity contribution is 0.249. The lowest BCUT2D eigenvalue weighted by atomic mass is 10.0. The molecule has 0 bridgehead atoms. The van der Waals surface area contributed by atoms with E-state index in [1.165, 1.54) is 0 Å². The molecule has 24 heavy (non-hydrogen) atoms. The Kier molecular flexibility index (Phi) is 8.76. The number of rotatable bonds is 7. The molecule has 2 rings (SSSR count). The summed E-state index contributed by atoms with van der Waals surface area (Å²) in [6.45, 7) is 3.51. The molecular formula is C19H24ClNO2S. The fraction of sp³-hybridized carbons (Fsp3) is 0.316. The summed E-state index contributed by atoms with van der Waals surface area (Å²) in [7, 11) is 4.03. The smallest absolute Gasteiger partial charge is 0.166 e. The Labute approximate surface area is 156 Å². The third-order valence-electron chi connectivity index (χ3n) is 3.47. The molecule has 1 unspecified atom stereocenters. The first kappa shape index (κ1) is 20.4. The average molecular weight is 366 g/mol. The van der Waals surface area contributed by atoms with Gasteiger partial charge in [-0.25, -0.2) is 0 Å². The molecule has 0 spiro atoms. The molecule has 0 saturated heterocycles. The molecule has 3 nitrogen and oxygen atoms in total. The molecule has 0 radical (unpaired) electrons. The van der Waals surface area contributed by atoms with Crippen molar-refractivity contribution in [3.63, 3.8) is 0 Å². The second-order valence-electron chi connectivity index (χ2n) is 5.68. The summed E-state index contributed by atoms with van der Waals surface area (Å²) < 4.78 is 11.5. The van der Waals surface area contributed by atoms with Gasteiger partial charge >= 0.3 is 0 Å². The molecule has 2 aromatic carbocycles. The van der Waals surface area contributed by atoms with E-state index < -0.39 is 0 Å². The Morgan fingerprint density at radius 1 is 1.04 bits per heavy atom. The molecule has 1 atom stereocenters. The van der Waals surface area contributed by atoms with E-state index in [1.807, 2.05) is 68.7 Å². The first-order valence-electron chi connectivity index (χ1n) is 7.70. The Balaban J connectivity index is 0.00000288. The summed E-state index contributed by atoms with van der Waals surface area (Å²) in [6.07, 6.45) is 0. The first-order valence-corrected chi connectivity index (χ1v) is 8.11. The topological polar surface area (TPSA) is 21.7 Å². The van der Waals surface area contributed by atoms with Gasteiger partial charge in [-0.15, -0.1) is 12.4 Å². The molecular weight excluding hydrogens is 342 g/mol. The van der Waals surface area contributed by atoms with E-state index in [9.17, 15) is 0 Å². The van der Waals surface area contributed by atoms with Crippen LogP contribution in [-0.4, -0.2) is 37.2 Å². The lowest BCUT2D eigenvalue weighted by Gasteiger charge is -2.17. The number of benzene rings is 2. The highest BCUT2D eigenvalue weighted by atomic mass is 35.5. The van der Waals surface area contributed by atoms with Crippen molar-refractivity contribution >= 4 is 29.7 Å². The van der Waals surface area contributed by atoms with Crippen molar-refractivity contribution in [2.45, 2.75) is 12.8 Å². The van der Waals surface area contributed by atoms with E-state index in [4.69, 9.17) is 21.7 Å². The van der Waals surface area contributed by atoms with Gasteiger partial charge in [-0.1, -0.05) is 37.3 Å². The number of ether oxygens (including phenoxy) is 2. The molecule has 0 aliphatic rings. The van der Waals surface area contributed by atoms with Gasteiger partial charge in [-0.2, -0.15) is 0 Å². The van der Waals surface area contributed by atoms with Crippen molar-refractivity contribution in [3.05, 3.63) is 60.2 Å². The minimum atomic E-state index is 0. The second-order valence-corrected chi connectivity index (χ2v) is 6.08. The minimum absolute atomic E-state index is 0. The van der Waals surface area contributed by atoms with Gasteiger partial charge in [-0.05, 0) is 56.1 Å². The van der Waals surface area contributed by atoms with E-state index >= 15 is 0 Å². The second kappa shape index (κ2) is 10.3. The van der Waals surface area contributed by atoms with Crippen molar-refractivity contribution in [1.82, 2.24) is 4.90 Å². The quantitative estimate of drug-likeness (QED) is 0.650. The average Bonchev–Trinajstić information content (AvgIpc) is 2.55. The zero-order valence-electron chi connectivity index (χ0n) is 14.3. The van der Waals surface area contributed by atoms with Crippen LogP contribution in [0.2, 0.25) is 0 Å². The van der Waals surface area contributed by atoms with Crippen LogP contribution in [0.3, 0.4) is 0 Å². The van der Waals surface area contributed by atoms with Crippen molar-refractivity contribution < 1.29 is 9.47 Å². The fourth-order valence-electron chi connectivity index (χ4n) is 2.06.